The number of carbonyl (C=O) groups excluding carboxylic acids is 2. The zero-order chi connectivity index (χ0) is 17.2. The standard InChI is InChI=1S/C16H19IN2O3S/c1-3-14(17)22-16(21)13(19-15(20)11(2)18)10-23-9-12-7-5-4-6-8-12/h1,4-8,11,13-14H,9-10,18H2,2H3,(H,19,20)/t11-,13-,14?/m0/s1. The van der Waals surface area contributed by atoms with E-state index in [1.54, 1.807) is 6.92 Å². The van der Waals surface area contributed by atoms with Crippen LogP contribution in [0.2, 0.25) is 0 Å². The van der Waals surface area contributed by atoms with E-state index in [2.05, 4.69) is 11.2 Å². The third-order valence-corrected chi connectivity index (χ3v) is 4.48. The largest absolute Gasteiger partial charge is 0.438 e. The number of nitrogens with two attached hydrogens (primary N) is 1. The van der Waals surface area contributed by atoms with E-state index in [0.717, 1.165) is 11.3 Å². The number of esters is 1. The van der Waals surface area contributed by atoms with Crippen LogP contribution in [0.15, 0.2) is 30.3 Å². The van der Waals surface area contributed by atoms with Crippen molar-refractivity contribution in [2.45, 2.75) is 28.9 Å². The maximum atomic E-state index is 12.1. The van der Waals surface area contributed by atoms with E-state index in [-0.39, 0.29) is 0 Å². The number of hydrogen-bond acceptors (Lipinski definition) is 5. The smallest absolute Gasteiger partial charge is 0.331 e. The van der Waals surface area contributed by atoms with Crippen molar-refractivity contribution in [2.75, 3.05) is 5.75 Å². The van der Waals surface area contributed by atoms with Crippen molar-refractivity contribution >= 4 is 46.2 Å². The predicted octanol–water partition coefficient (Wildman–Crippen LogP) is 1.69. The molecule has 7 heteroatoms. The van der Waals surface area contributed by atoms with E-state index in [0.29, 0.717) is 5.75 Å². The van der Waals surface area contributed by atoms with Gasteiger partial charge in [-0.25, -0.2) is 4.79 Å². The maximum absolute atomic E-state index is 12.1. The van der Waals surface area contributed by atoms with E-state index in [1.165, 1.54) is 11.8 Å². The highest BCUT2D eigenvalue weighted by Crippen LogP contribution is 2.14. The van der Waals surface area contributed by atoms with E-state index in [9.17, 15) is 9.59 Å². The van der Waals surface area contributed by atoms with Crippen LogP contribution in [0.3, 0.4) is 0 Å². The number of ether oxygens (including phenoxy) is 1. The highest BCUT2D eigenvalue weighted by atomic mass is 127. The highest BCUT2D eigenvalue weighted by Gasteiger charge is 2.25. The lowest BCUT2D eigenvalue weighted by Gasteiger charge is -2.19. The second-order valence-corrected chi connectivity index (χ2v) is 6.93. The fraction of sp³-hybridized carbons (Fsp3) is 0.375. The number of benzene rings is 1. The Bertz CT molecular complexity index is 560. The second-order valence-electron chi connectivity index (χ2n) is 4.77. The molecule has 0 radical (unpaired) electrons. The Balaban J connectivity index is 2.61. The molecule has 1 amide bonds. The molecule has 1 aromatic carbocycles. The van der Waals surface area contributed by atoms with Crippen LogP contribution >= 0.6 is 34.4 Å². The van der Waals surface area contributed by atoms with Gasteiger partial charge in [-0.15, -0.1) is 6.42 Å². The summed E-state index contributed by atoms with van der Waals surface area (Å²) >= 11 is 3.35. The normalized spacial score (nSPS) is 14.2. The van der Waals surface area contributed by atoms with Crippen LogP contribution in [-0.2, 0) is 20.1 Å². The summed E-state index contributed by atoms with van der Waals surface area (Å²) < 4.78 is 4.42. The first-order valence-electron chi connectivity index (χ1n) is 6.92. The van der Waals surface area contributed by atoms with Gasteiger partial charge in [-0.05, 0) is 35.1 Å². The fourth-order valence-corrected chi connectivity index (χ4v) is 2.81. The Morgan fingerprint density at radius 2 is 2.09 bits per heavy atom. The molecule has 1 aromatic rings. The van der Waals surface area contributed by atoms with Gasteiger partial charge >= 0.3 is 5.97 Å². The molecule has 1 unspecified atom stereocenters. The van der Waals surface area contributed by atoms with E-state index in [4.69, 9.17) is 16.9 Å². The molecule has 0 saturated heterocycles. The zero-order valence-corrected chi connectivity index (χ0v) is 15.7. The third-order valence-electron chi connectivity index (χ3n) is 2.76. The first-order chi connectivity index (χ1) is 10.9. The molecule has 0 heterocycles. The molecule has 0 saturated carbocycles. The molecule has 0 bridgehead atoms. The molecule has 5 nitrogen and oxygen atoms in total. The van der Waals surface area contributed by atoms with Crippen molar-refractivity contribution in [3.05, 3.63) is 35.9 Å². The number of nitrogens with one attached hydrogen (secondary N) is 1. The van der Waals surface area contributed by atoms with Gasteiger partial charge in [-0.1, -0.05) is 36.3 Å². The van der Waals surface area contributed by atoms with Gasteiger partial charge in [0.15, 0.2) is 0 Å². The lowest BCUT2D eigenvalue weighted by Crippen LogP contribution is -2.49. The quantitative estimate of drug-likeness (QED) is 0.275. The van der Waals surface area contributed by atoms with Gasteiger partial charge < -0.3 is 15.8 Å². The Kier molecular flexibility index (Phi) is 9.06. The summed E-state index contributed by atoms with van der Waals surface area (Å²) in [5, 5.41) is 2.60. The number of alkyl halides is 1. The van der Waals surface area contributed by atoms with Gasteiger partial charge in [0, 0.05) is 11.5 Å². The minimum absolute atomic E-state index is 0.375. The van der Waals surface area contributed by atoms with Crippen molar-refractivity contribution < 1.29 is 14.3 Å². The molecule has 1 rings (SSSR count). The molecule has 0 aliphatic heterocycles. The van der Waals surface area contributed by atoms with Crippen molar-refractivity contribution in [3.8, 4) is 12.3 Å². The monoisotopic (exact) mass is 446 g/mol. The van der Waals surface area contributed by atoms with Crippen LogP contribution in [0.4, 0.5) is 0 Å². The molecule has 23 heavy (non-hydrogen) atoms. The van der Waals surface area contributed by atoms with Gasteiger partial charge in [0.2, 0.25) is 10.0 Å². The SMILES string of the molecule is C#CC(I)OC(=O)[C@H](CSCc1ccccc1)NC(=O)[C@H](C)N. The summed E-state index contributed by atoms with van der Waals surface area (Å²) in [7, 11) is 0. The van der Waals surface area contributed by atoms with Crippen LogP contribution < -0.4 is 11.1 Å². The molecule has 0 spiro atoms. The zero-order valence-electron chi connectivity index (χ0n) is 12.7. The summed E-state index contributed by atoms with van der Waals surface area (Å²) in [6.07, 6.45) is 5.20. The lowest BCUT2D eigenvalue weighted by molar-refractivity contribution is -0.146. The molecule has 0 aromatic heterocycles. The van der Waals surface area contributed by atoms with E-state index < -0.39 is 28.1 Å². The molecule has 3 atom stereocenters. The van der Waals surface area contributed by atoms with Crippen LogP contribution in [0.1, 0.15) is 12.5 Å². The predicted molar refractivity (Wildman–Crippen MR) is 101 cm³/mol. The molecule has 0 aliphatic rings. The molecule has 3 N–H and O–H groups in total. The van der Waals surface area contributed by atoms with E-state index in [1.807, 2.05) is 52.9 Å². The van der Waals surface area contributed by atoms with Crippen molar-refractivity contribution in [2.24, 2.45) is 5.73 Å². The number of terminal acetylenes is 1. The summed E-state index contributed by atoms with van der Waals surface area (Å²) in [6.45, 7) is 1.55. The van der Waals surface area contributed by atoms with Crippen LogP contribution in [0, 0.1) is 12.3 Å². The topological polar surface area (TPSA) is 81.4 Å². The molecule has 124 valence electrons. The summed E-state index contributed by atoms with van der Waals surface area (Å²) in [4.78, 5) is 23.9. The van der Waals surface area contributed by atoms with Gasteiger partial charge in [0.25, 0.3) is 0 Å². The average molecular weight is 446 g/mol. The first-order valence-corrected chi connectivity index (χ1v) is 9.32. The molecule has 0 aliphatic carbocycles. The van der Waals surface area contributed by atoms with Gasteiger partial charge in [0.1, 0.15) is 6.04 Å². The van der Waals surface area contributed by atoms with Gasteiger partial charge in [0.05, 0.1) is 6.04 Å². The number of halogens is 1. The Hall–Kier alpha value is -1.24. The van der Waals surface area contributed by atoms with Gasteiger partial charge in [-0.3, -0.25) is 4.79 Å². The van der Waals surface area contributed by atoms with E-state index >= 15 is 0 Å². The fourth-order valence-electron chi connectivity index (χ4n) is 1.56. The van der Waals surface area contributed by atoms with Crippen molar-refractivity contribution in [3.63, 3.8) is 0 Å². The summed E-state index contributed by atoms with van der Waals surface area (Å²) in [5.74, 6) is 2.44. The Morgan fingerprint density at radius 1 is 1.43 bits per heavy atom. The summed E-state index contributed by atoms with van der Waals surface area (Å²) in [6, 6.07) is 8.36. The molecular formula is C16H19IN2O3S. The highest BCUT2D eigenvalue weighted by molar-refractivity contribution is 14.1. The number of carbonyl (C=O) groups is 2. The van der Waals surface area contributed by atoms with Crippen LogP contribution in [0.25, 0.3) is 0 Å². The maximum Gasteiger partial charge on any atom is 0.331 e. The minimum atomic E-state index is -0.784. The average Bonchev–Trinajstić information content (AvgIpc) is 2.54. The van der Waals surface area contributed by atoms with Crippen molar-refractivity contribution in [1.29, 1.82) is 0 Å². The number of hydrogen-bond donors (Lipinski definition) is 2. The van der Waals surface area contributed by atoms with Gasteiger partial charge in [-0.2, -0.15) is 11.8 Å². The first kappa shape index (κ1) is 19.8. The molecule has 0 fully saturated rings. The number of thioether (sulfide) groups is 1. The Labute approximate surface area is 154 Å². The number of amides is 1. The van der Waals surface area contributed by atoms with Crippen molar-refractivity contribution in [1.82, 2.24) is 5.32 Å². The lowest BCUT2D eigenvalue weighted by atomic mass is 10.2. The minimum Gasteiger partial charge on any atom is -0.438 e. The second kappa shape index (κ2) is 10.5. The molecular weight excluding hydrogens is 427 g/mol. The Morgan fingerprint density at radius 3 is 2.65 bits per heavy atom. The van der Waals surface area contributed by atoms with Crippen LogP contribution in [-0.4, -0.2) is 33.8 Å². The number of rotatable bonds is 8. The van der Waals surface area contributed by atoms with Crippen LogP contribution in [0.5, 0.6) is 0 Å². The summed E-state index contributed by atoms with van der Waals surface area (Å²) in [5.41, 5.74) is 6.66. The third kappa shape index (κ3) is 7.72.